The molecule has 8 bridgehead atoms. The Hall–Kier alpha value is -4.66. The number of esters is 1. The molecule has 6 aliphatic rings. The largest absolute Gasteiger partial charge is 0.511 e. The fourth-order valence-corrected chi connectivity index (χ4v) is 8.11. The van der Waals surface area contributed by atoms with Gasteiger partial charge in [0.1, 0.15) is 17.3 Å². The van der Waals surface area contributed by atoms with E-state index >= 15 is 0 Å². The van der Waals surface area contributed by atoms with Gasteiger partial charge in [0.25, 0.3) is 0 Å². The van der Waals surface area contributed by atoms with Gasteiger partial charge >= 0.3 is 5.97 Å². The van der Waals surface area contributed by atoms with E-state index in [9.17, 15) is 19.5 Å². The Morgan fingerprint density at radius 3 is 2.10 bits per heavy atom. The van der Waals surface area contributed by atoms with Gasteiger partial charge in [-0.25, -0.2) is 15.0 Å². The topological polar surface area (TPSA) is 130 Å². The molecule has 0 radical (unpaired) electrons. The summed E-state index contributed by atoms with van der Waals surface area (Å²) in [6.07, 6.45) is 9.18. The van der Waals surface area contributed by atoms with Gasteiger partial charge in [-0.1, -0.05) is 20.8 Å². The van der Waals surface area contributed by atoms with Crippen molar-refractivity contribution in [3.63, 3.8) is 0 Å². The van der Waals surface area contributed by atoms with Crippen molar-refractivity contribution in [2.24, 2.45) is 32.2 Å². The summed E-state index contributed by atoms with van der Waals surface area (Å²) < 4.78 is 5.03. The van der Waals surface area contributed by atoms with Gasteiger partial charge in [-0.2, -0.15) is 0 Å². The van der Waals surface area contributed by atoms with Gasteiger partial charge in [-0.15, -0.1) is 0 Å². The van der Waals surface area contributed by atoms with Crippen molar-refractivity contribution in [2.45, 2.75) is 93.9 Å². The second-order valence-electron chi connectivity index (χ2n) is 14.1. The zero-order valence-corrected chi connectivity index (χ0v) is 30.1. The average Bonchev–Trinajstić information content (AvgIpc) is 3.79. The van der Waals surface area contributed by atoms with E-state index in [0.29, 0.717) is 24.1 Å². The molecule has 0 aromatic rings. The number of nitrogens with one attached hydrogen (secondary N) is 1. The van der Waals surface area contributed by atoms with Crippen molar-refractivity contribution >= 4 is 34.7 Å². The zero-order chi connectivity index (χ0) is 35.5. The van der Waals surface area contributed by atoms with Gasteiger partial charge < -0.3 is 15.2 Å². The fourth-order valence-electron chi connectivity index (χ4n) is 8.11. The van der Waals surface area contributed by atoms with Crippen LogP contribution in [0.5, 0.6) is 0 Å². The Kier molecular flexibility index (Phi) is 8.84. The highest BCUT2D eigenvalue weighted by molar-refractivity contribution is 6.22. The summed E-state index contributed by atoms with van der Waals surface area (Å²) in [6.45, 7) is 15.4. The number of ketones is 2. The first-order chi connectivity index (χ1) is 23.2. The number of ether oxygens (including phenoxy) is 1. The highest BCUT2D eigenvalue weighted by Crippen LogP contribution is 2.51. The van der Waals surface area contributed by atoms with Crippen LogP contribution in [0.15, 0.2) is 106 Å². The number of hydrogen-bond donors (Lipinski definition) is 2. The summed E-state index contributed by atoms with van der Waals surface area (Å²) in [5.74, 6) is -2.11. The molecule has 0 amide bonds. The number of nitrogens with zero attached hydrogens (tertiary/aromatic N) is 3. The van der Waals surface area contributed by atoms with E-state index in [1.807, 2.05) is 13.0 Å². The summed E-state index contributed by atoms with van der Waals surface area (Å²) >= 11 is 0. The quantitative estimate of drug-likeness (QED) is 0.193. The lowest BCUT2D eigenvalue weighted by Crippen LogP contribution is -2.25. The Labute approximate surface area is 288 Å². The van der Waals surface area contributed by atoms with E-state index in [2.05, 4.69) is 52.1 Å². The smallest absolute Gasteiger partial charge is 0.305 e. The van der Waals surface area contributed by atoms with Crippen LogP contribution in [-0.2, 0) is 19.1 Å². The van der Waals surface area contributed by atoms with Crippen molar-refractivity contribution in [3.8, 4) is 0 Å². The number of carbonyl (C=O) groups is 3. The molecule has 2 N–H and O–H groups in total. The van der Waals surface area contributed by atoms with Crippen LogP contribution in [0.3, 0.4) is 0 Å². The van der Waals surface area contributed by atoms with E-state index in [1.165, 1.54) is 21.0 Å². The summed E-state index contributed by atoms with van der Waals surface area (Å²) in [6, 6.07) is 0. The first kappa shape index (κ1) is 34.2. The predicted octanol–water partition coefficient (Wildman–Crippen LogP) is 7.58. The van der Waals surface area contributed by atoms with Crippen LogP contribution < -0.4 is 5.32 Å². The normalized spacial score (nSPS) is 24.4. The minimum atomic E-state index is -0.863. The highest BCUT2D eigenvalue weighted by Gasteiger charge is 2.47. The molecule has 5 heterocycles. The summed E-state index contributed by atoms with van der Waals surface area (Å²) in [7, 11) is 1.40. The molecule has 256 valence electrons. The highest BCUT2D eigenvalue weighted by atomic mass is 16.5. The Balaban J connectivity index is 1.64. The summed E-state index contributed by atoms with van der Waals surface area (Å²) in [5.41, 5.74) is 12.8. The van der Waals surface area contributed by atoms with Crippen molar-refractivity contribution in [1.29, 1.82) is 0 Å². The second kappa shape index (κ2) is 12.7. The third-order valence-corrected chi connectivity index (χ3v) is 11.1. The minimum Gasteiger partial charge on any atom is -0.511 e. The number of hydrogen-bond acceptors (Lipinski definition) is 9. The van der Waals surface area contributed by atoms with Crippen LogP contribution in [0, 0.1) is 17.3 Å². The zero-order valence-electron chi connectivity index (χ0n) is 30.1. The van der Waals surface area contributed by atoms with Gasteiger partial charge in [0.05, 0.1) is 47.3 Å². The molecule has 1 fully saturated rings. The number of aliphatic imine (C=N–C) groups is 3. The Bertz CT molecular complexity index is 1950. The summed E-state index contributed by atoms with van der Waals surface area (Å²) in [4.78, 5) is 53.2. The van der Waals surface area contributed by atoms with Crippen molar-refractivity contribution in [1.82, 2.24) is 5.32 Å². The van der Waals surface area contributed by atoms with E-state index in [4.69, 9.17) is 19.7 Å². The number of aliphatic hydroxyl groups excluding tert-OH is 1. The molecule has 2 atom stereocenters. The molecule has 1 aliphatic carbocycles. The third kappa shape index (κ3) is 5.67. The van der Waals surface area contributed by atoms with Crippen LogP contribution in [0.1, 0.15) is 93.9 Å². The van der Waals surface area contributed by atoms with Gasteiger partial charge in [0, 0.05) is 40.3 Å². The lowest BCUT2D eigenvalue weighted by Gasteiger charge is -2.24. The molecular weight excluding hydrogens is 616 g/mol. The molecule has 0 aromatic carbocycles. The molecule has 1 saturated heterocycles. The van der Waals surface area contributed by atoms with E-state index < -0.39 is 17.3 Å². The fraction of sp³-hybridized carbons (Fsp3) is 0.450. The third-order valence-electron chi connectivity index (χ3n) is 11.1. The molecule has 9 nitrogen and oxygen atoms in total. The molecule has 0 spiro atoms. The second-order valence-corrected chi connectivity index (χ2v) is 14.1. The van der Waals surface area contributed by atoms with E-state index in [1.54, 1.807) is 0 Å². The minimum absolute atomic E-state index is 0.119. The van der Waals surface area contributed by atoms with Crippen molar-refractivity contribution < 1.29 is 24.2 Å². The molecule has 0 aromatic heterocycles. The molecule has 9 heteroatoms. The molecule has 1 unspecified atom stereocenters. The number of aliphatic hydroxyl groups is 1. The molecular formula is C40H46N4O5. The molecule has 5 aliphatic heterocycles. The van der Waals surface area contributed by atoms with E-state index in [-0.39, 0.29) is 36.1 Å². The van der Waals surface area contributed by atoms with Gasteiger partial charge in [-0.05, 0) is 113 Å². The molecule has 0 saturated carbocycles. The number of allylic oxidation sites excluding steroid dienone is 12. The lowest BCUT2D eigenvalue weighted by molar-refractivity contribution is -0.141. The van der Waals surface area contributed by atoms with Crippen molar-refractivity contribution in [2.75, 3.05) is 7.11 Å². The predicted molar refractivity (Wildman–Crippen MR) is 192 cm³/mol. The first-order valence-electron chi connectivity index (χ1n) is 17.3. The Morgan fingerprint density at radius 2 is 1.53 bits per heavy atom. The number of carbonyl (C=O) groups excluding carboxylic acids is 3. The average molecular weight is 663 g/mol. The number of methoxy groups -OCH3 is 1. The van der Waals surface area contributed by atoms with Crippen LogP contribution in [0.4, 0.5) is 0 Å². The van der Waals surface area contributed by atoms with Crippen LogP contribution in [0.25, 0.3) is 0 Å². The van der Waals surface area contributed by atoms with Crippen LogP contribution >= 0.6 is 0 Å². The number of Topliss-reactive ketones (excluding diaryl/α,β-unsaturated/α-hetero) is 2. The molecule has 6 rings (SSSR count). The van der Waals surface area contributed by atoms with Crippen LogP contribution in [-0.4, -0.2) is 46.9 Å². The maximum absolute atomic E-state index is 12.7. The number of rotatable bonds is 9. The first-order valence-corrected chi connectivity index (χ1v) is 17.3. The maximum atomic E-state index is 12.7. The van der Waals surface area contributed by atoms with Gasteiger partial charge in [0.15, 0.2) is 0 Å². The monoisotopic (exact) mass is 662 g/mol. The summed E-state index contributed by atoms with van der Waals surface area (Å²) in [5, 5.41) is 15.7. The Morgan fingerprint density at radius 1 is 0.939 bits per heavy atom. The lowest BCUT2D eigenvalue weighted by atomic mass is 9.79. The van der Waals surface area contributed by atoms with E-state index in [0.717, 1.165) is 86.2 Å². The van der Waals surface area contributed by atoms with Crippen molar-refractivity contribution in [3.05, 3.63) is 91.5 Å². The standard InChI is InChI=1S/C40H46N4O5/c1-10-24-19(3)28-15-31-25(11-2)20(4)30(42-31)17-34-40(8,13-12-35(47)49-9)18-33(43-34)37-27(14-26(22(6)45)23(7)46)39(48)36-21(5)29(44-38(36)37)16-32(24)41-28/h15-17,26-27,43,48H,10-14,18H2,1-9H3/t27?,40-/m1/s1. The van der Waals surface area contributed by atoms with Gasteiger partial charge in [0.2, 0.25) is 0 Å². The maximum Gasteiger partial charge on any atom is 0.305 e. The number of fused-ring (bicyclic) bond motifs is 5. The SMILES string of the molecule is CCC1=C(C)C2=NC1=CC1=C(C)C3=C(O)C(CC(C(C)=O)C(C)=O)C(=C4C[C@@](C)(CCC(=O)OC)C(=CC5=NC(=C2)C(CC)=C5C)N4)C3=N1. The van der Waals surface area contributed by atoms with Crippen LogP contribution in [0.2, 0.25) is 0 Å². The van der Waals surface area contributed by atoms with Gasteiger partial charge in [-0.3, -0.25) is 14.4 Å². The molecule has 49 heavy (non-hydrogen) atoms.